The fourth-order valence-electron chi connectivity index (χ4n) is 1.73. The lowest BCUT2D eigenvalue weighted by atomic mass is 9.88. The molecule has 0 rings (SSSR count). The zero-order chi connectivity index (χ0) is 18.0. The van der Waals surface area contributed by atoms with Gasteiger partial charge in [0.1, 0.15) is 6.10 Å². The molecule has 0 aliphatic carbocycles. The number of rotatable bonds is 7. The van der Waals surface area contributed by atoms with Gasteiger partial charge >= 0.3 is 12.1 Å². The summed E-state index contributed by atoms with van der Waals surface area (Å²) >= 11 is 0. The van der Waals surface area contributed by atoms with Gasteiger partial charge in [0.05, 0.1) is 11.0 Å². The molecule has 2 unspecified atom stereocenters. The average Bonchev–Trinajstić information content (AvgIpc) is 2.24. The van der Waals surface area contributed by atoms with Gasteiger partial charge in [0, 0.05) is 12.8 Å². The van der Waals surface area contributed by atoms with Crippen LogP contribution in [0.25, 0.3) is 0 Å². The van der Waals surface area contributed by atoms with Crippen LogP contribution < -0.4 is 0 Å². The molecule has 0 aliphatic heterocycles. The normalized spacial score (nSPS) is 17.8. The van der Waals surface area contributed by atoms with E-state index in [2.05, 4.69) is 0 Å². The number of carbonyl (C=O) groups is 1. The smallest absolute Gasteiger partial charge is 0.417 e. The van der Waals surface area contributed by atoms with Crippen LogP contribution in [0.3, 0.4) is 0 Å². The van der Waals surface area contributed by atoms with Crippen LogP contribution in [0.4, 0.5) is 13.2 Å². The van der Waals surface area contributed by atoms with Crippen molar-refractivity contribution in [1.82, 2.24) is 0 Å². The van der Waals surface area contributed by atoms with Crippen molar-refractivity contribution >= 4 is 5.97 Å². The number of hydrogen-bond acceptors (Lipinski definition) is 4. The summed E-state index contributed by atoms with van der Waals surface area (Å²) in [5, 5.41) is 19.4. The van der Waals surface area contributed by atoms with E-state index in [1.165, 1.54) is 13.8 Å². The van der Waals surface area contributed by atoms with Gasteiger partial charge in [0.15, 0.2) is 5.60 Å². The van der Waals surface area contributed by atoms with E-state index in [0.717, 1.165) is 0 Å². The molecule has 2 atom stereocenters. The second-order valence-corrected chi connectivity index (χ2v) is 7.26. The molecule has 0 saturated carbocycles. The van der Waals surface area contributed by atoms with Crippen molar-refractivity contribution in [3.8, 4) is 0 Å². The minimum absolute atomic E-state index is 0.204. The van der Waals surface area contributed by atoms with Crippen LogP contribution in [0.15, 0.2) is 0 Å². The topological polar surface area (TPSA) is 66.8 Å². The number of ether oxygens (including phenoxy) is 1. The SMILES string of the molecule is CCC(C)(C)C(=O)OC(CC(C)(C)O)CC(C)(O)C(F)(F)F. The minimum Gasteiger partial charge on any atom is -0.462 e. The molecule has 0 aliphatic rings. The maximum absolute atomic E-state index is 12.8. The first kappa shape index (κ1) is 21.2. The van der Waals surface area contributed by atoms with Crippen molar-refractivity contribution in [2.45, 2.75) is 84.3 Å². The van der Waals surface area contributed by atoms with Gasteiger partial charge in [-0.15, -0.1) is 0 Å². The molecule has 0 aromatic rings. The van der Waals surface area contributed by atoms with E-state index < -0.39 is 41.3 Å². The van der Waals surface area contributed by atoms with Crippen LogP contribution in [0.1, 0.15) is 60.8 Å². The molecule has 7 heteroatoms. The molecule has 0 spiro atoms. The van der Waals surface area contributed by atoms with Crippen LogP contribution in [-0.4, -0.2) is 39.7 Å². The molecule has 132 valence electrons. The Morgan fingerprint density at radius 1 is 1.05 bits per heavy atom. The Bertz CT molecular complexity index is 381. The molecular formula is C15H27F3O4. The first-order valence-corrected chi connectivity index (χ1v) is 7.24. The third kappa shape index (κ3) is 6.52. The van der Waals surface area contributed by atoms with Gasteiger partial charge in [-0.2, -0.15) is 13.2 Å². The summed E-state index contributed by atoms with van der Waals surface area (Å²) in [6, 6.07) is 0. The largest absolute Gasteiger partial charge is 0.462 e. The standard InChI is InChI=1S/C15H27F3O4/c1-7-12(2,3)11(19)22-10(8-13(4,5)20)9-14(6,21)15(16,17)18/h10,20-21H,7-9H2,1-6H3. The number of esters is 1. The Morgan fingerprint density at radius 2 is 1.50 bits per heavy atom. The summed E-state index contributed by atoms with van der Waals surface area (Å²) in [5.74, 6) is -0.651. The summed E-state index contributed by atoms with van der Waals surface area (Å²) in [7, 11) is 0. The van der Waals surface area contributed by atoms with Gasteiger partial charge in [-0.05, 0) is 41.0 Å². The van der Waals surface area contributed by atoms with Crippen LogP contribution in [0.2, 0.25) is 0 Å². The Kier molecular flexibility index (Phi) is 6.49. The van der Waals surface area contributed by atoms with Crippen molar-refractivity contribution in [3.05, 3.63) is 0 Å². The molecule has 0 aromatic heterocycles. The molecule has 0 bridgehead atoms. The van der Waals surface area contributed by atoms with E-state index in [4.69, 9.17) is 4.74 Å². The van der Waals surface area contributed by atoms with E-state index in [9.17, 15) is 28.2 Å². The highest BCUT2D eigenvalue weighted by Gasteiger charge is 2.52. The van der Waals surface area contributed by atoms with E-state index in [-0.39, 0.29) is 6.42 Å². The number of halogens is 3. The maximum atomic E-state index is 12.8. The van der Waals surface area contributed by atoms with E-state index in [0.29, 0.717) is 13.3 Å². The summed E-state index contributed by atoms with van der Waals surface area (Å²) < 4.78 is 43.6. The lowest BCUT2D eigenvalue weighted by Gasteiger charge is -2.34. The molecule has 0 radical (unpaired) electrons. The third-order valence-corrected chi connectivity index (χ3v) is 3.67. The molecule has 0 fully saturated rings. The Morgan fingerprint density at radius 3 is 1.82 bits per heavy atom. The van der Waals surface area contributed by atoms with Crippen molar-refractivity contribution in [2.24, 2.45) is 5.41 Å². The van der Waals surface area contributed by atoms with Crippen LogP contribution in [0.5, 0.6) is 0 Å². The molecule has 0 aromatic carbocycles. The van der Waals surface area contributed by atoms with Gasteiger partial charge in [-0.1, -0.05) is 6.92 Å². The van der Waals surface area contributed by atoms with Gasteiger partial charge in [0.25, 0.3) is 0 Å². The predicted octanol–water partition coefficient (Wildman–Crippen LogP) is 3.20. The summed E-state index contributed by atoms with van der Waals surface area (Å²) in [6.45, 7) is 8.44. The zero-order valence-electron chi connectivity index (χ0n) is 14.0. The first-order valence-electron chi connectivity index (χ1n) is 7.24. The van der Waals surface area contributed by atoms with Gasteiger partial charge in [0.2, 0.25) is 0 Å². The summed E-state index contributed by atoms with van der Waals surface area (Å²) in [5.41, 5.74) is -5.18. The summed E-state index contributed by atoms with van der Waals surface area (Å²) in [6.07, 6.45) is -6.67. The first-order chi connectivity index (χ1) is 9.52. The second kappa shape index (κ2) is 6.74. The van der Waals surface area contributed by atoms with Gasteiger partial charge in [-0.25, -0.2) is 0 Å². The molecule has 0 heterocycles. The molecule has 2 N–H and O–H groups in total. The molecular weight excluding hydrogens is 301 g/mol. The van der Waals surface area contributed by atoms with Crippen molar-refractivity contribution < 1.29 is 32.9 Å². The van der Waals surface area contributed by atoms with E-state index in [1.54, 1.807) is 20.8 Å². The van der Waals surface area contributed by atoms with Crippen molar-refractivity contribution in [3.63, 3.8) is 0 Å². The number of carbonyl (C=O) groups excluding carboxylic acids is 1. The Labute approximate surface area is 129 Å². The van der Waals surface area contributed by atoms with Gasteiger partial charge < -0.3 is 14.9 Å². The lowest BCUT2D eigenvalue weighted by Crippen LogP contribution is -2.47. The third-order valence-electron chi connectivity index (χ3n) is 3.67. The number of aliphatic hydroxyl groups is 2. The Balaban J connectivity index is 5.20. The highest BCUT2D eigenvalue weighted by atomic mass is 19.4. The van der Waals surface area contributed by atoms with E-state index in [1.807, 2.05) is 0 Å². The van der Waals surface area contributed by atoms with Crippen molar-refractivity contribution in [2.75, 3.05) is 0 Å². The average molecular weight is 328 g/mol. The molecule has 0 saturated heterocycles. The zero-order valence-corrected chi connectivity index (χ0v) is 14.0. The second-order valence-electron chi connectivity index (χ2n) is 7.26. The Hall–Kier alpha value is -0.820. The van der Waals surface area contributed by atoms with Crippen LogP contribution >= 0.6 is 0 Å². The van der Waals surface area contributed by atoms with E-state index >= 15 is 0 Å². The van der Waals surface area contributed by atoms with Crippen molar-refractivity contribution in [1.29, 1.82) is 0 Å². The monoisotopic (exact) mass is 328 g/mol. The highest BCUT2D eigenvalue weighted by molar-refractivity contribution is 5.76. The number of alkyl halides is 3. The van der Waals surface area contributed by atoms with Gasteiger partial charge in [-0.3, -0.25) is 4.79 Å². The molecule has 22 heavy (non-hydrogen) atoms. The minimum atomic E-state index is -4.85. The molecule has 0 amide bonds. The fraction of sp³-hybridized carbons (Fsp3) is 0.933. The highest BCUT2D eigenvalue weighted by Crippen LogP contribution is 2.36. The summed E-state index contributed by atoms with van der Waals surface area (Å²) in [4.78, 5) is 12.1. The number of hydrogen-bond donors (Lipinski definition) is 2. The quantitative estimate of drug-likeness (QED) is 0.704. The lowest BCUT2D eigenvalue weighted by molar-refractivity contribution is -0.263. The predicted molar refractivity (Wildman–Crippen MR) is 76.2 cm³/mol. The maximum Gasteiger partial charge on any atom is 0.417 e. The fourth-order valence-corrected chi connectivity index (χ4v) is 1.73. The molecule has 4 nitrogen and oxygen atoms in total. The van der Waals surface area contributed by atoms with Crippen LogP contribution in [-0.2, 0) is 9.53 Å². The van der Waals surface area contributed by atoms with Crippen LogP contribution in [0, 0.1) is 5.41 Å².